The lowest BCUT2D eigenvalue weighted by molar-refractivity contribution is -0.158. The van der Waals surface area contributed by atoms with E-state index in [4.69, 9.17) is 4.84 Å². The summed E-state index contributed by atoms with van der Waals surface area (Å²) in [6.07, 6.45) is 6.77. The zero-order valence-electron chi connectivity index (χ0n) is 9.78. The van der Waals surface area contributed by atoms with Gasteiger partial charge in [-0.15, -0.1) is 0 Å². The molecule has 0 saturated carbocycles. The summed E-state index contributed by atoms with van der Waals surface area (Å²) in [6.45, 7) is 2.12. The van der Waals surface area contributed by atoms with Crippen LogP contribution in [0.3, 0.4) is 0 Å². The molecule has 1 aliphatic heterocycles. The van der Waals surface area contributed by atoms with Gasteiger partial charge < -0.3 is 4.84 Å². The fraction of sp³-hybridized carbons (Fsp3) is 0.615. The van der Waals surface area contributed by atoms with Crippen LogP contribution in [0, 0.1) is 5.41 Å². The molecule has 3 nitrogen and oxygen atoms in total. The molecule has 0 amide bonds. The lowest BCUT2D eigenvalue weighted by Gasteiger charge is -2.37. The normalized spacial score (nSPS) is 23.6. The number of piperidine rings is 1. The van der Waals surface area contributed by atoms with Crippen LogP contribution in [0.5, 0.6) is 0 Å². The Morgan fingerprint density at radius 1 is 1.31 bits per heavy atom. The number of fused-ring (bicyclic) bond motifs is 1. The fourth-order valence-corrected chi connectivity index (χ4v) is 3.11. The van der Waals surface area contributed by atoms with Gasteiger partial charge in [0.25, 0.3) is 0 Å². The number of hydrogen-bond donors (Lipinski definition) is 0. The molecule has 1 spiro atoms. The third kappa shape index (κ3) is 1.64. The van der Waals surface area contributed by atoms with E-state index in [0.717, 1.165) is 13.1 Å². The van der Waals surface area contributed by atoms with Gasteiger partial charge in [0, 0.05) is 25.0 Å². The summed E-state index contributed by atoms with van der Waals surface area (Å²) in [7, 11) is 1.77. The Hall–Kier alpha value is -0.930. The van der Waals surface area contributed by atoms with E-state index in [-0.39, 0.29) is 0 Å². The Labute approximate surface area is 96.4 Å². The molecule has 0 unspecified atom stereocenters. The molecule has 0 aromatic carbocycles. The number of aromatic nitrogens is 1. The smallest absolute Gasteiger partial charge is 0.0575 e. The summed E-state index contributed by atoms with van der Waals surface area (Å²) in [5.41, 5.74) is 3.27. The molecule has 0 radical (unpaired) electrons. The van der Waals surface area contributed by atoms with Crippen molar-refractivity contribution in [1.29, 1.82) is 0 Å². The SMILES string of the molecule is CON1CCC2(CC1)Cc1cccnc1C2. The van der Waals surface area contributed by atoms with E-state index in [2.05, 4.69) is 22.2 Å². The van der Waals surface area contributed by atoms with Crippen LogP contribution in [0.15, 0.2) is 18.3 Å². The number of rotatable bonds is 1. The fourth-order valence-electron chi connectivity index (χ4n) is 3.11. The molecule has 1 saturated heterocycles. The van der Waals surface area contributed by atoms with E-state index in [9.17, 15) is 0 Å². The van der Waals surface area contributed by atoms with Gasteiger partial charge in [-0.25, -0.2) is 0 Å². The molecule has 1 aromatic heterocycles. The highest BCUT2D eigenvalue weighted by molar-refractivity contribution is 5.28. The highest BCUT2D eigenvalue weighted by Gasteiger charge is 2.40. The number of hydroxylamine groups is 2. The Morgan fingerprint density at radius 3 is 2.81 bits per heavy atom. The van der Waals surface area contributed by atoms with Gasteiger partial charge >= 0.3 is 0 Å². The summed E-state index contributed by atoms with van der Waals surface area (Å²) in [4.78, 5) is 9.79. The first kappa shape index (κ1) is 10.2. The first-order valence-corrected chi connectivity index (χ1v) is 6.03. The van der Waals surface area contributed by atoms with Gasteiger partial charge in [0.1, 0.15) is 0 Å². The molecule has 2 heterocycles. The van der Waals surface area contributed by atoms with Crippen molar-refractivity contribution < 1.29 is 4.84 Å². The van der Waals surface area contributed by atoms with E-state index >= 15 is 0 Å². The molecule has 0 atom stereocenters. The molecule has 1 aliphatic carbocycles. The monoisotopic (exact) mass is 218 g/mol. The molecule has 1 aromatic rings. The Bertz CT molecular complexity index is 356. The lowest BCUT2D eigenvalue weighted by Crippen LogP contribution is -2.39. The van der Waals surface area contributed by atoms with Crippen molar-refractivity contribution in [2.75, 3.05) is 20.2 Å². The first-order chi connectivity index (χ1) is 7.81. The zero-order chi connectivity index (χ0) is 11.0. The van der Waals surface area contributed by atoms with Crippen LogP contribution in [0.4, 0.5) is 0 Å². The lowest BCUT2D eigenvalue weighted by atomic mass is 9.76. The predicted octanol–water partition coefficient (Wildman–Crippen LogP) is 1.82. The summed E-state index contributed by atoms with van der Waals surface area (Å²) < 4.78 is 0. The van der Waals surface area contributed by atoms with Crippen molar-refractivity contribution in [2.45, 2.75) is 25.7 Å². The highest BCUT2D eigenvalue weighted by atomic mass is 16.7. The molecule has 1 fully saturated rings. The van der Waals surface area contributed by atoms with Crippen LogP contribution in [-0.2, 0) is 17.7 Å². The van der Waals surface area contributed by atoms with Gasteiger partial charge in [-0.2, -0.15) is 5.06 Å². The molecule has 3 rings (SSSR count). The van der Waals surface area contributed by atoms with Crippen LogP contribution >= 0.6 is 0 Å². The molecule has 0 bridgehead atoms. The third-order valence-electron chi connectivity index (χ3n) is 4.13. The maximum absolute atomic E-state index is 5.29. The second-order valence-corrected chi connectivity index (χ2v) is 5.07. The third-order valence-corrected chi connectivity index (χ3v) is 4.13. The maximum atomic E-state index is 5.29. The van der Waals surface area contributed by atoms with Gasteiger partial charge in [0.2, 0.25) is 0 Å². The van der Waals surface area contributed by atoms with Crippen molar-refractivity contribution in [1.82, 2.24) is 10.0 Å². The molecular formula is C13H18N2O. The van der Waals surface area contributed by atoms with E-state index < -0.39 is 0 Å². The molecule has 2 aliphatic rings. The Morgan fingerprint density at radius 2 is 2.12 bits per heavy atom. The Kier molecular flexibility index (Phi) is 2.45. The topological polar surface area (TPSA) is 25.4 Å². The van der Waals surface area contributed by atoms with Crippen molar-refractivity contribution in [3.8, 4) is 0 Å². The van der Waals surface area contributed by atoms with Gasteiger partial charge in [0.05, 0.1) is 7.11 Å². The van der Waals surface area contributed by atoms with Crippen LogP contribution in [0.1, 0.15) is 24.1 Å². The van der Waals surface area contributed by atoms with Crippen LogP contribution in [0.25, 0.3) is 0 Å². The Balaban J connectivity index is 1.75. The molecular weight excluding hydrogens is 200 g/mol. The highest BCUT2D eigenvalue weighted by Crippen LogP contribution is 2.43. The summed E-state index contributed by atoms with van der Waals surface area (Å²) >= 11 is 0. The van der Waals surface area contributed by atoms with Crippen molar-refractivity contribution >= 4 is 0 Å². The van der Waals surface area contributed by atoms with E-state index in [0.29, 0.717) is 5.41 Å². The van der Waals surface area contributed by atoms with Crippen LogP contribution in [0.2, 0.25) is 0 Å². The molecule has 3 heteroatoms. The van der Waals surface area contributed by atoms with E-state index in [1.807, 2.05) is 6.20 Å². The molecule has 86 valence electrons. The van der Waals surface area contributed by atoms with Crippen molar-refractivity contribution in [3.63, 3.8) is 0 Å². The second-order valence-electron chi connectivity index (χ2n) is 5.07. The van der Waals surface area contributed by atoms with Gasteiger partial charge in [0.15, 0.2) is 0 Å². The minimum atomic E-state index is 0.478. The largest absolute Gasteiger partial charge is 0.302 e. The average molecular weight is 218 g/mol. The van der Waals surface area contributed by atoms with Crippen LogP contribution < -0.4 is 0 Å². The summed E-state index contributed by atoms with van der Waals surface area (Å²) in [6, 6.07) is 4.29. The number of hydrogen-bond acceptors (Lipinski definition) is 3. The van der Waals surface area contributed by atoms with Gasteiger partial charge in [-0.05, 0) is 42.7 Å². The number of pyridine rings is 1. The number of nitrogens with zero attached hydrogens (tertiary/aromatic N) is 2. The minimum absolute atomic E-state index is 0.478. The quantitative estimate of drug-likeness (QED) is 0.719. The van der Waals surface area contributed by atoms with E-state index in [1.165, 1.54) is 36.9 Å². The first-order valence-electron chi connectivity index (χ1n) is 6.03. The van der Waals surface area contributed by atoms with E-state index in [1.54, 1.807) is 7.11 Å². The average Bonchev–Trinajstić information content (AvgIpc) is 2.68. The standard InChI is InChI=1S/C13H18N2O/c1-16-15-7-4-13(5-8-15)9-11-3-2-6-14-12(11)10-13/h2-3,6H,4-5,7-10H2,1H3. The van der Waals surface area contributed by atoms with Gasteiger partial charge in [-0.1, -0.05) is 6.07 Å². The summed E-state index contributed by atoms with van der Waals surface area (Å²) in [5.74, 6) is 0. The zero-order valence-corrected chi connectivity index (χ0v) is 9.78. The van der Waals surface area contributed by atoms with Gasteiger partial charge in [-0.3, -0.25) is 4.98 Å². The summed E-state index contributed by atoms with van der Waals surface area (Å²) in [5, 5.41) is 2.07. The second kappa shape index (κ2) is 3.82. The minimum Gasteiger partial charge on any atom is -0.302 e. The van der Waals surface area contributed by atoms with Crippen molar-refractivity contribution in [3.05, 3.63) is 29.6 Å². The predicted molar refractivity (Wildman–Crippen MR) is 61.9 cm³/mol. The molecule has 0 N–H and O–H groups in total. The van der Waals surface area contributed by atoms with Crippen molar-refractivity contribution in [2.24, 2.45) is 5.41 Å². The maximum Gasteiger partial charge on any atom is 0.0575 e. The molecule has 16 heavy (non-hydrogen) atoms. The van der Waals surface area contributed by atoms with Crippen LogP contribution in [-0.4, -0.2) is 30.2 Å².